The highest BCUT2D eigenvalue weighted by atomic mass is 16.5. The molecule has 0 aliphatic carbocycles. The second-order valence-electron chi connectivity index (χ2n) is 5.50. The van der Waals surface area contributed by atoms with Crippen molar-refractivity contribution < 1.29 is 24.1 Å². The number of benzene rings is 2. The summed E-state index contributed by atoms with van der Waals surface area (Å²) in [5, 5.41) is 8.60. The van der Waals surface area contributed by atoms with Gasteiger partial charge in [0.25, 0.3) is 0 Å². The van der Waals surface area contributed by atoms with Gasteiger partial charge in [0.05, 0.1) is 26.9 Å². The molecule has 2 aromatic rings. The maximum Gasteiger partial charge on any atom is 0.303 e. The van der Waals surface area contributed by atoms with E-state index in [1.165, 1.54) is 0 Å². The summed E-state index contributed by atoms with van der Waals surface area (Å²) in [7, 11) is 3.20. The quantitative estimate of drug-likeness (QED) is 0.679. The molecule has 1 atom stereocenters. The van der Waals surface area contributed by atoms with Crippen molar-refractivity contribution in [3.05, 3.63) is 53.6 Å². The summed E-state index contributed by atoms with van der Waals surface area (Å²) in [4.78, 5) is 10.5. The first kappa shape index (κ1) is 18.6. The number of nitrogens with two attached hydrogens (primary N) is 1. The van der Waals surface area contributed by atoms with Gasteiger partial charge in [0.15, 0.2) is 0 Å². The molecule has 0 fully saturated rings. The third-order valence-electron chi connectivity index (χ3n) is 3.82. The van der Waals surface area contributed by atoms with Crippen LogP contribution in [0.4, 0.5) is 0 Å². The van der Waals surface area contributed by atoms with Gasteiger partial charge in [-0.05, 0) is 36.2 Å². The Bertz CT molecular complexity index is 699. The Morgan fingerprint density at radius 3 is 2.36 bits per heavy atom. The SMILES string of the molecule is COc1ccc(C(N)c2ccc(OCCCC(=O)O)cc2)c(OC)c1. The lowest BCUT2D eigenvalue weighted by Crippen LogP contribution is -2.13. The predicted octanol–water partition coefficient (Wildman–Crippen LogP) is 3.00. The van der Waals surface area contributed by atoms with Crippen LogP contribution in [0.3, 0.4) is 0 Å². The van der Waals surface area contributed by atoms with Crippen molar-refractivity contribution in [2.24, 2.45) is 5.73 Å². The number of methoxy groups -OCH3 is 2. The maximum absolute atomic E-state index is 10.5. The summed E-state index contributed by atoms with van der Waals surface area (Å²) in [6, 6.07) is 12.6. The number of hydrogen-bond acceptors (Lipinski definition) is 5. The first-order valence-corrected chi connectivity index (χ1v) is 7.97. The lowest BCUT2D eigenvalue weighted by molar-refractivity contribution is -0.137. The minimum absolute atomic E-state index is 0.0974. The van der Waals surface area contributed by atoms with Crippen LogP contribution in [0.5, 0.6) is 17.2 Å². The van der Waals surface area contributed by atoms with Gasteiger partial charge in [-0.25, -0.2) is 0 Å². The van der Waals surface area contributed by atoms with E-state index in [0.717, 1.165) is 11.1 Å². The molecule has 0 saturated carbocycles. The molecule has 0 spiro atoms. The standard InChI is InChI=1S/C19H23NO5/c1-23-15-9-10-16(17(12-15)24-2)19(20)13-5-7-14(8-6-13)25-11-3-4-18(21)22/h5-10,12,19H,3-4,11,20H2,1-2H3,(H,21,22). The van der Waals surface area contributed by atoms with Gasteiger partial charge in [0, 0.05) is 18.1 Å². The van der Waals surface area contributed by atoms with Crippen molar-refractivity contribution >= 4 is 5.97 Å². The van der Waals surface area contributed by atoms with Crippen LogP contribution in [-0.2, 0) is 4.79 Å². The van der Waals surface area contributed by atoms with Gasteiger partial charge >= 0.3 is 5.97 Å². The molecule has 6 heteroatoms. The van der Waals surface area contributed by atoms with E-state index in [4.69, 9.17) is 25.1 Å². The van der Waals surface area contributed by atoms with Crippen molar-refractivity contribution in [3.8, 4) is 17.2 Å². The van der Waals surface area contributed by atoms with Crippen LogP contribution in [0.1, 0.15) is 30.0 Å². The average molecular weight is 345 g/mol. The Balaban J connectivity index is 2.05. The van der Waals surface area contributed by atoms with Gasteiger partial charge in [-0.2, -0.15) is 0 Å². The summed E-state index contributed by atoms with van der Waals surface area (Å²) < 4.78 is 16.1. The molecule has 0 heterocycles. The van der Waals surface area contributed by atoms with Crippen molar-refractivity contribution in [1.82, 2.24) is 0 Å². The van der Waals surface area contributed by atoms with Crippen LogP contribution < -0.4 is 19.9 Å². The first-order valence-electron chi connectivity index (χ1n) is 7.97. The minimum atomic E-state index is -0.821. The largest absolute Gasteiger partial charge is 0.497 e. The predicted molar refractivity (Wildman–Crippen MR) is 94.4 cm³/mol. The van der Waals surface area contributed by atoms with E-state index in [9.17, 15) is 4.79 Å². The van der Waals surface area contributed by atoms with Gasteiger partial charge in [-0.1, -0.05) is 12.1 Å². The Morgan fingerprint density at radius 1 is 1.08 bits per heavy atom. The summed E-state index contributed by atoms with van der Waals surface area (Å²) in [5.41, 5.74) is 8.14. The zero-order valence-electron chi connectivity index (χ0n) is 14.4. The number of aliphatic carboxylic acids is 1. The van der Waals surface area contributed by atoms with Gasteiger partial charge in [-0.15, -0.1) is 0 Å². The van der Waals surface area contributed by atoms with E-state index >= 15 is 0 Å². The topological polar surface area (TPSA) is 91.0 Å². The number of carboxylic acid groups (broad SMARTS) is 1. The van der Waals surface area contributed by atoms with E-state index in [-0.39, 0.29) is 12.5 Å². The van der Waals surface area contributed by atoms with E-state index in [1.54, 1.807) is 20.3 Å². The normalized spacial score (nSPS) is 11.6. The van der Waals surface area contributed by atoms with E-state index in [2.05, 4.69) is 0 Å². The average Bonchev–Trinajstić information content (AvgIpc) is 2.64. The smallest absolute Gasteiger partial charge is 0.303 e. The molecule has 3 N–H and O–H groups in total. The van der Waals surface area contributed by atoms with E-state index in [1.807, 2.05) is 36.4 Å². The highest BCUT2D eigenvalue weighted by Crippen LogP contribution is 2.32. The number of carbonyl (C=O) groups is 1. The molecule has 25 heavy (non-hydrogen) atoms. The zero-order chi connectivity index (χ0) is 18.2. The zero-order valence-corrected chi connectivity index (χ0v) is 14.4. The molecule has 0 radical (unpaired) electrons. The lowest BCUT2D eigenvalue weighted by atomic mass is 9.98. The van der Waals surface area contributed by atoms with Gasteiger partial charge in [-0.3, -0.25) is 4.79 Å². The molecule has 0 aliphatic heterocycles. The second kappa shape index (κ2) is 8.94. The van der Waals surface area contributed by atoms with Crippen molar-refractivity contribution in [1.29, 1.82) is 0 Å². The molecule has 6 nitrogen and oxygen atoms in total. The summed E-state index contributed by atoms with van der Waals surface area (Å²) in [6.45, 7) is 0.365. The fourth-order valence-corrected chi connectivity index (χ4v) is 2.44. The molecule has 2 aromatic carbocycles. The first-order chi connectivity index (χ1) is 12.0. The summed E-state index contributed by atoms with van der Waals surface area (Å²) in [6.07, 6.45) is 0.569. The molecule has 1 unspecified atom stereocenters. The Morgan fingerprint density at radius 2 is 1.76 bits per heavy atom. The monoisotopic (exact) mass is 345 g/mol. The number of hydrogen-bond donors (Lipinski definition) is 2. The third-order valence-corrected chi connectivity index (χ3v) is 3.82. The van der Waals surface area contributed by atoms with Crippen LogP contribution in [-0.4, -0.2) is 31.9 Å². The van der Waals surface area contributed by atoms with Crippen molar-refractivity contribution in [3.63, 3.8) is 0 Å². The Hall–Kier alpha value is -2.73. The minimum Gasteiger partial charge on any atom is -0.497 e. The molecule has 134 valence electrons. The number of rotatable bonds is 9. The number of ether oxygens (including phenoxy) is 3. The van der Waals surface area contributed by atoms with Gasteiger partial charge in [0.2, 0.25) is 0 Å². The fraction of sp³-hybridized carbons (Fsp3) is 0.316. The molecule has 2 rings (SSSR count). The summed E-state index contributed by atoms with van der Waals surface area (Å²) >= 11 is 0. The maximum atomic E-state index is 10.5. The lowest BCUT2D eigenvalue weighted by Gasteiger charge is -2.17. The van der Waals surface area contributed by atoms with Crippen molar-refractivity contribution in [2.75, 3.05) is 20.8 Å². The Kier molecular flexibility index (Phi) is 6.65. The van der Waals surface area contributed by atoms with Crippen LogP contribution in [0.15, 0.2) is 42.5 Å². The molecule has 0 aliphatic rings. The van der Waals surface area contributed by atoms with Gasteiger partial charge < -0.3 is 25.1 Å². The number of carboxylic acids is 1. The van der Waals surface area contributed by atoms with Crippen LogP contribution in [0.25, 0.3) is 0 Å². The fourth-order valence-electron chi connectivity index (χ4n) is 2.44. The van der Waals surface area contributed by atoms with Crippen LogP contribution in [0, 0.1) is 0 Å². The molecular weight excluding hydrogens is 322 g/mol. The molecule has 0 saturated heterocycles. The second-order valence-corrected chi connectivity index (χ2v) is 5.50. The molecule has 0 aromatic heterocycles. The Labute approximate surface area is 147 Å². The third kappa shape index (κ3) is 5.12. The van der Waals surface area contributed by atoms with E-state index in [0.29, 0.717) is 30.3 Å². The molecular formula is C19H23NO5. The summed E-state index contributed by atoms with van der Waals surface area (Å²) in [5.74, 6) is 1.24. The highest BCUT2D eigenvalue weighted by Gasteiger charge is 2.15. The van der Waals surface area contributed by atoms with E-state index < -0.39 is 5.97 Å². The molecule has 0 bridgehead atoms. The van der Waals surface area contributed by atoms with Crippen molar-refractivity contribution in [2.45, 2.75) is 18.9 Å². The van der Waals surface area contributed by atoms with Crippen LogP contribution in [0.2, 0.25) is 0 Å². The van der Waals surface area contributed by atoms with Gasteiger partial charge in [0.1, 0.15) is 17.2 Å². The molecule has 0 amide bonds. The highest BCUT2D eigenvalue weighted by molar-refractivity contribution is 5.66. The van der Waals surface area contributed by atoms with Crippen LogP contribution >= 0.6 is 0 Å².